The van der Waals surface area contributed by atoms with Crippen LogP contribution in [0.15, 0.2) is 0 Å². The molecule has 0 aliphatic heterocycles. The van der Waals surface area contributed by atoms with Gasteiger partial charge in [0.05, 0.1) is 5.25 Å². The number of hydrogen-bond acceptors (Lipinski definition) is 3. The summed E-state index contributed by atoms with van der Waals surface area (Å²) in [6.45, 7) is 1.50. The van der Waals surface area contributed by atoms with Crippen LogP contribution in [0.5, 0.6) is 0 Å². The average molecular weight is 261 g/mol. The summed E-state index contributed by atoms with van der Waals surface area (Å²) in [6, 6.07) is -0.433. The van der Waals surface area contributed by atoms with Gasteiger partial charge in [0.2, 0.25) is 0 Å². The summed E-state index contributed by atoms with van der Waals surface area (Å²) in [6.07, 6.45) is -3.82. The van der Waals surface area contributed by atoms with Crippen molar-refractivity contribution >= 4 is 9.84 Å². The van der Waals surface area contributed by atoms with Crippen LogP contribution in [0.4, 0.5) is 13.2 Å². The van der Waals surface area contributed by atoms with Crippen LogP contribution in [0.1, 0.15) is 26.2 Å². The second-order valence-corrected chi connectivity index (χ2v) is 6.34. The van der Waals surface area contributed by atoms with Crippen LogP contribution in [-0.2, 0) is 9.84 Å². The molecule has 0 saturated carbocycles. The smallest absolute Gasteiger partial charge is 0.316 e. The Balaban J connectivity index is 4.23. The number of alkyl halides is 3. The highest BCUT2D eigenvalue weighted by atomic mass is 32.2. The molecule has 0 fully saturated rings. The summed E-state index contributed by atoms with van der Waals surface area (Å²) >= 11 is 0. The molecule has 0 spiro atoms. The third-order valence-electron chi connectivity index (χ3n) is 2.59. The molecule has 0 aliphatic carbocycles. The van der Waals surface area contributed by atoms with Crippen molar-refractivity contribution in [3.05, 3.63) is 0 Å². The third kappa shape index (κ3) is 6.32. The van der Waals surface area contributed by atoms with Crippen LogP contribution >= 0.6 is 0 Å². The van der Waals surface area contributed by atoms with Crippen LogP contribution in [0, 0.1) is 0 Å². The molecule has 0 amide bonds. The maximum Gasteiger partial charge on any atom is 0.389 e. The van der Waals surface area contributed by atoms with Gasteiger partial charge in [-0.25, -0.2) is 8.42 Å². The van der Waals surface area contributed by atoms with Gasteiger partial charge in [0.25, 0.3) is 0 Å². The predicted molar refractivity (Wildman–Crippen MR) is 57.1 cm³/mol. The van der Waals surface area contributed by atoms with Gasteiger partial charge in [-0.3, -0.25) is 0 Å². The molecule has 0 aromatic rings. The Labute approximate surface area is 94.3 Å². The predicted octanol–water partition coefficient (Wildman–Crippen LogP) is 1.74. The molecule has 2 atom stereocenters. The van der Waals surface area contributed by atoms with Gasteiger partial charge in [0.1, 0.15) is 0 Å². The van der Waals surface area contributed by atoms with Crippen LogP contribution in [0.3, 0.4) is 0 Å². The zero-order valence-corrected chi connectivity index (χ0v) is 10.5. The Morgan fingerprint density at radius 3 is 2.12 bits per heavy atom. The lowest BCUT2D eigenvalue weighted by atomic mass is 10.1. The first kappa shape index (κ1) is 15.7. The van der Waals surface area contributed by atoms with E-state index in [0.717, 1.165) is 6.26 Å². The van der Waals surface area contributed by atoms with Crippen LogP contribution in [0.25, 0.3) is 0 Å². The lowest BCUT2D eigenvalue weighted by Crippen LogP contribution is -2.40. The quantitative estimate of drug-likeness (QED) is 0.792. The van der Waals surface area contributed by atoms with Gasteiger partial charge >= 0.3 is 6.18 Å². The SMILES string of the molecule is CNC(CCCC(F)(F)F)C(C)S(C)(=O)=O. The van der Waals surface area contributed by atoms with E-state index in [1.54, 1.807) is 7.05 Å². The van der Waals surface area contributed by atoms with Crippen molar-refractivity contribution in [3.8, 4) is 0 Å². The first-order valence-electron chi connectivity index (χ1n) is 5.01. The van der Waals surface area contributed by atoms with E-state index in [9.17, 15) is 21.6 Å². The zero-order valence-electron chi connectivity index (χ0n) is 9.63. The molecular weight excluding hydrogens is 243 g/mol. The van der Waals surface area contributed by atoms with E-state index < -0.39 is 33.7 Å². The molecule has 0 aliphatic rings. The standard InChI is InChI=1S/C9H18F3NO2S/c1-7(16(3,14)15)8(13-2)5-4-6-9(10,11)12/h7-8,13H,4-6H2,1-3H3. The molecule has 2 unspecified atom stereocenters. The van der Waals surface area contributed by atoms with E-state index in [0.29, 0.717) is 0 Å². The summed E-state index contributed by atoms with van der Waals surface area (Å²) in [5, 5.41) is 2.07. The zero-order chi connectivity index (χ0) is 13.0. The Hall–Kier alpha value is -0.300. The van der Waals surface area contributed by atoms with Crippen molar-refractivity contribution in [2.75, 3.05) is 13.3 Å². The van der Waals surface area contributed by atoms with Gasteiger partial charge in [-0.1, -0.05) is 0 Å². The molecule has 0 heterocycles. The van der Waals surface area contributed by atoms with Crippen molar-refractivity contribution in [2.24, 2.45) is 0 Å². The maximum absolute atomic E-state index is 11.9. The topological polar surface area (TPSA) is 46.2 Å². The molecule has 0 aromatic heterocycles. The van der Waals surface area contributed by atoms with Gasteiger partial charge in [0.15, 0.2) is 9.84 Å². The lowest BCUT2D eigenvalue weighted by Gasteiger charge is -2.22. The van der Waals surface area contributed by atoms with Crippen molar-refractivity contribution < 1.29 is 21.6 Å². The molecule has 0 bridgehead atoms. The summed E-state index contributed by atoms with van der Waals surface area (Å²) in [5.74, 6) is 0. The van der Waals surface area contributed by atoms with E-state index >= 15 is 0 Å². The second-order valence-electron chi connectivity index (χ2n) is 3.94. The number of sulfone groups is 1. The minimum absolute atomic E-state index is 0.0606. The molecule has 98 valence electrons. The minimum Gasteiger partial charge on any atom is -0.316 e. The van der Waals surface area contributed by atoms with Crippen molar-refractivity contribution in [1.82, 2.24) is 5.32 Å². The minimum atomic E-state index is -4.17. The van der Waals surface area contributed by atoms with Crippen molar-refractivity contribution in [2.45, 2.75) is 43.7 Å². The summed E-state index contributed by atoms with van der Waals surface area (Å²) < 4.78 is 58.2. The molecule has 1 N–H and O–H groups in total. The van der Waals surface area contributed by atoms with Gasteiger partial charge in [-0.2, -0.15) is 13.2 Å². The average Bonchev–Trinajstić information content (AvgIpc) is 2.08. The Morgan fingerprint density at radius 2 is 1.81 bits per heavy atom. The Morgan fingerprint density at radius 1 is 1.31 bits per heavy atom. The fourth-order valence-corrected chi connectivity index (χ4v) is 2.30. The van der Waals surface area contributed by atoms with Crippen LogP contribution < -0.4 is 5.32 Å². The molecule has 0 rings (SSSR count). The Bertz CT molecular complexity index is 300. The van der Waals surface area contributed by atoms with Gasteiger partial charge in [-0.15, -0.1) is 0 Å². The van der Waals surface area contributed by atoms with Crippen molar-refractivity contribution in [1.29, 1.82) is 0 Å². The van der Waals surface area contributed by atoms with Crippen LogP contribution in [-0.4, -0.2) is 39.2 Å². The number of hydrogen-bond donors (Lipinski definition) is 1. The summed E-state index contributed by atoms with van der Waals surface area (Å²) in [4.78, 5) is 0. The van der Waals surface area contributed by atoms with E-state index in [2.05, 4.69) is 5.32 Å². The highest BCUT2D eigenvalue weighted by Crippen LogP contribution is 2.23. The monoisotopic (exact) mass is 261 g/mol. The van der Waals surface area contributed by atoms with Gasteiger partial charge in [0, 0.05) is 18.7 Å². The van der Waals surface area contributed by atoms with Crippen molar-refractivity contribution in [3.63, 3.8) is 0 Å². The van der Waals surface area contributed by atoms with E-state index in [-0.39, 0.29) is 12.8 Å². The van der Waals surface area contributed by atoms with Gasteiger partial charge in [-0.05, 0) is 26.8 Å². The van der Waals surface area contributed by atoms with E-state index in [4.69, 9.17) is 0 Å². The summed E-state index contributed by atoms with van der Waals surface area (Å²) in [7, 11) is -1.67. The molecule has 16 heavy (non-hydrogen) atoms. The highest BCUT2D eigenvalue weighted by Gasteiger charge is 2.29. The molecular formula is C9H18F3NO2S. The summed E-state index contributed by atoms with van der Waals surface area (Å²) in [5.41, 5.74) is 0. The number of nitrogens with one attached hydrogen (secondary N) is 1. The third-order valence-corrected chi connectivity index (χ3v) is 4.27. The van der Waals surface area contributed by atoms with E-state index in [1.165, 1.54) is 6.92 Å². The fourth-order valence-electron chi connectivity index (χ4n) is 1.43. The normalized spacial score (nSPS) is 17.1. The molecule has 0 radical (unpaired) electrons. The largest absolute Gasteiger partial charge is 0.389 e. The molecule has 7 heteroatoms. The maximum atomic E-state index is 11.9. The lowest BCUT2D eigenvalue weighted by molar-refractivity contribution is -0.135. The van der Waals surface area contributed by atoms with Crippen LogP contribution in [0.2, 0.25) is 0 Å². The molecule has 0 aromatic carbocycles. The molecule has 3 nitrogen and oxygen atoms in total. The van der Waals surface area contributed by atoms with E-state index in [1.807, 2.05) is 0 Å². The number of halogens is 3. The van der Waals surface area contributed by atoms with Gasteiger partial charge < -0.3 is 5.32 Å². The molecule has 0 saturated heterocycles. The fraction of sp³-hybridized carbons (Fsp3) is 1.00. The number of rotatable bonds is 6. The first-order chi connectivity index (χ1) is 7.08. The highest BCUT2D eigenvalue weighted by molar-refractivity contribution is 7.91. The Kier molecular flexibility index (Phi) is 5.75. The second kappa shape index (κ2) is 5.86. The first-order valence-corrected chi connectivity index (χ1v) is 6.96.